The number of nitrogens with one attached hydrogen (secondary N) is 1. The zero-order chi connectivity index (χ0) is 20.4. The van der Waals surface area contributed by atoms with E-state index in [1.807, 2.05) is 18.2 Å². The normalized spacial score (nSPS) is 11.0. The second kappa shape index (κ2) is 7.93. The van der Waals surface area contributed by atoms with Gasteiger partial charge in [0.15, 0.2) is 5.65 Å². The van der Waals surface area contributed by atoms with Gasteiger partial charge in [-0.1, -0.05) is 48.0 Å². The van der Waals surface area contributed by atoms with Crippen LogP contribution >= 0.6 is 11.6 Å². The highest BCUT2D eigenvalue weighted by atomic mass is 35.5. The molecule has 2 N–H and O–H groups in total. The van der Waals surface area contributed by atoms with E-state index in [1.54, 1.807) is 25.1 Å². The van der Waals surface area contributed by atoms with E-state index in [4.69, 9.17) is 16.3 Å². The topological polar surface area (TPSA) is 88.1 Å². The van der Waals surface area contributed by atoms with Crippen LogP contribution in [0, 0.1) is 6.92 Å². The van der Waals surface area contributed by atoms with Gasteiger partial charge in [0.2, 0.25) is 0 Å². The van der Waals surface area contributed by atoms with Crippen molar-refractivity contribution in [2.24, 2.45) is 0 Å². The molecule has 146 valence electrons. The Balaban J connectivity index is 1.56. The molecule has 0 bridgehead atoms. The Morgan fingerprint density at radius 2 is 1.90 bits per heavy atom. The van der Waals surface area contributed by atoms with Gasteiger partial charge < -0.3 is 14.8 Å². The number of hydrogen-bond acceptors (Lipinski definition) is 4. The van der Waals surface area contributed by atoms with Crippen molar-refractivity contribution in [3.05, 3.63) is 82.0 Å². The van der Waals surface area contributed by atoms with Gasteiger partial charge in [-0.3, -0.25) is 0 Å². The SMILES string of the molecule is Cc1ccc(Oc2nc3nc(CCc4ccccc4)c(Cl)cc3[nH]2)cc1C(=O)O. The second-order valence-corrected chi connectivity index (χ2v) is 7.11. The maximum Gasteiger partial charge on any atom is 0.336 e. The summed E-state index contributed by atoms with van der Waals surface area (Å²) in [4.78, 5) is 23.3. The zero-order valence-corrected chi connectivity index (χ0v) is 16.4. The van der Waals surface area contributed by atoms with Crippen LogP contribution in [0.2, 0.25) is 5.02 Å². The summed E-state index contributed by atoms with van der Waals surface area (Å²) in [6.07, 6.45) is 1.52. The van der Waals surface area contributed by atoms with E-state index in [9.17, 15) is 9.90 Å². The van der Waals surface area contributed by atoms with Crippen molar-refractivity contribution in [1.82, 2.24) is 15.0 Å². The van der Waals surface area contributed by atoms with Gasteiger partial charge in [-0.05, 0) is 49.1 Å². The number of carboxylic acid groups (broad SMARTS) is 1. The summed E-state index contributed by atoms with van der Waals surface area (Å²) >= 11 is 6.40. The Bertz CT molecular complexity index is 1190. The fraction of sp³-hybridized carbons (Fsp3) is 0.136. The third-order valence-electron chi connectivity index (χ3n) is 4.62. The Kier molecular flexibility index (Phi) is 5.18. The van der Waals surface area contributed by atoms with Gasteiger partial charge in [-0.2, -0.15) is 4.98 Å². The third-order valence-corrected chi connectivity index (χ3v) is 4.95. The molecule has 2 aromatic carbocycles. The number of carboxylic acids is 1. The van der Waals surface area contributed by atoms with E-state index in [1.165, 1.54) is 11.6 Å². The molecule has 0 aliphatic rings. The molecule has 29 heavy (non-hydrogen) atoms. The number of aromatic carboxylic acids is 1. The molecular formula is C22H18ClN3O3. The predicted molar refractivity (Wildman–Crippen MR) is 111 cm³/mol. The van der Waals surface area contributed by atoms with Crippen molar-refractivity contribution in [3.63, 3.8) is 0 Å². The van der Waals surface area contributed by atoms with E-state index in [-0.39, 0.29) is 11.6 Å². The minimum absolute atomic E-state index is 0.183. The van der Waals surface area contributed by atoms with Crippen molar-refractivity contribution in [2.75, 3.05) is 0 Å². The Hall–Kier alpha value is -3.38. The molecule has 2 aromatic heterocycles. The van der Waals surface area contributed by atoms with Crippen LogP contribution < -0.4 is 4.74 Å². The first kappa shape index (κ1) is 19.0. The second-order valence-electron chi connectivity index (χ2n) is 6.70. The summed E-state index contributed by atoms with van der Waals surface area (Å²) in [6, 6.07) is 17.0. The first-order valence-electron chi connectivity index (χ1n) is 9.10. The van der Waals surface area contributed by atoms with Gasteiger partial charge >= 0.3 is 12.0 Å². The van der Waals surface area contributed by atoms with E-state index >= 15 is 0 Å². The number of ether oxygens (including phenoxy) is 1. The molecule has 0 amide bonds. The molecule has 0 saturated carbocycles. The molecule has 7 heteroatoms. The molecule has 4 aromatic rings. The number of hydrogen-bond donors (Lipinski definition) is 2. The number of nitrogens with zero attached hydrogens (tertiary/aromatic N) is 2. The van der Waals surface area contributed by atoms with Crippen LogP contribution in [0.3, 0.4) is 0 Å². The van der Waals surface area contributed by atoms with Crippen molar-refractivity contribution in [3.8, 4) is 11.8 Å². The number of aromatic amines is 1. The highest BCUT2D eigenvalue weighted by Crippen LogP contribution is 2.26. The van der Waals surface area contributed by atoms with Gasteiger partial charge in [0.1, 0.15) is 5.75 Å². The molecule has 0 spiro atoms. The Morgan fingerprint density at radius 1 is 1.10 bits per heavy atom. The lowest BCUT2D eigenvalue weighted by Gasteiger charge is -2.05. The van der Waals surface area contributed by atoms with Gasteiger partial charge in [0.05, 0.1) is 21.8 Å². The quantitative estimate of drug-likeness (QED) is 0.459. The van der Waals surface area contributed by atoms with Gasteiger partial charge in [-0.15, -0.1) is 0 Å². The minimum atomic E-state index is -1.01. The van der Waals surface area contributed by atoms with Crippen LogP contribution in [0.1, 0.15) is 27.2 Å². The monoisotopic (exact) mass is 407 g/mol. The molecule has 0 unspecified atom stereocenters. The minimum Gasteiger partial charge on any atom is -0.478 e. The number of aromatic nitrogens is 3. The van der Waals surface area contributed by atoms with Gasteiger partial charge in [-0.25, -0.2) is 9.78 Å². The summed E-state index contributed by atoms with van der Waals surface area (Å²) in [5.74, 6) is -0.628. The number of benzene rings is 2. The Labute approximate surface area is 172 Å². The lowest BCUT2D eigenvalue weighted by Crippen LogP contribution is -2.00. The van der Waals surface area contributed by atoms with Crippen molar-refractivity contribution < 1.29 is 14.6 Å². The number of rotatable bonds is 6. The van der Waals surface area contributed by atoms with E-state index < -0.39 is 5.97 Å². The third kappa shape index (κ3) is 4.22. The van der Waals surface area contributed by atoms with Crippen LogP contribution in [-0.2, 0) is 12.8 Å². The fourth-order valence-electron chi connectivity index (χ4n) is 3.07. The number of H-pyrrole nitrogens is 1. The van der Waals surface area contributed by atoms with Crippen LogP contribution in [0.15, 0.2) is 54.6 Å². The standard InChI is InChI=1S/C22H18ClN3O3/c1-13-7-9-15(11-16(13)21(27)28)29-22-25-19-12-17(23)18(24-20(19)26-22)10-8-14-5-3-2-4-6-14/h2-7,9,11-12H,8,10H2,1H3,(H,27,28)(H,24,25,26). The number of fused-ring (bicyclic) bond motifs is 1. The number of pyridine rings is 1. The summed E-state index contributed by atoms with van der Waals surface area (Å²) < 4.78 is 5.71. The maximum atomic E-state index is 11.3. The van der Waals surface area contributed by atoms with Crippen LogP contribution in [-0.4, -0.2) is 26.0 Å². The first-order valence-corrected chi connectivity index (χ1v) is 9.48. The summed E-state index contributed by atoms with van der Waals surface area (Å²) in [6.45, 7) is 1.73. The highest BCUT2D eigenvalue weighted by Gasteiger charge is 2.13. The molecule has 0 fully saturated rings. The van der Waals surface area contributed by atoms with Crippen LogP contribution in [0.25, 0.3) is 11.2 Å². The van der Waals surface area contributed by atoms with E-state index in [2.05, 4.69) is 27.1 Å². The Morgan fingerprint density at radius 3 is 2.66 bits per heavy atom. The molecule has 2 heterocycles. The van der Waals surface area contributed by atoms with Gasteiger partial charge in [0, 0.05) is 0 Å². The lowest BCUT2D eigenvalue weighted by atomic mass is 10.1. The summed E-state index contributed by atoms with van der Waals surface area (Å²) in [5.41, 5.74) is 3.97. The van der Waals surface area contributed by atoms with Crippen LogP contribution in [0.4, 0.5) is 0 Å². The van der Waals surface area contributed by atoms with E-state index in [0.717, 1.165) is 12.1 Å². The average Bonchev–Trinajstić information content (AvgIpc) is 3.09. The molecular weight excluding hydrogens is 390 g/mol. The van der Waals surface area contributed by atoms with Crippen molar-refractivity contribution in [1.29, 1.82) is 0 Å². The molecule has 4 rings (SSSR count). The molecule has 0 radical (unpaired) electrons. The van der Waals surface area contributed by atoms with Crippen molar-refractivity contribution in [2.45, 2.75) is 19.8 Å². The zero-order valence-electron chi connectivity index (χ0n) is 15.6. The lowest BCUT2D eigenvalue weighted by molar-refractivity contribution is 0.0695. The number of imidazole rings is 1. The summed E-state index contributed by atoms with van der Waals surface area (Å²) in [7, 11) is 0. The van der Waals surface area contributed by atoms with E-state index in [0.29, 0.717) is 33.9 Å². The smallest absolute Gasteiger partial charge is 0.336 e. The number of halogens is 1. The first-order chi connectivity index (χ1) is 14.0. The highest BCUT2D eigenvalue weighted by molar-refractivity contribution is 6.31. The fourth-order valence-corrected chi connectivity index (χ4v) is 3.32. The summed E-state index contributed by atoms with van der Waals surface area (Å²) in [5, 5.41) is 9.82. The van der Waals surface area contributed by atoms with Crippen molar-refractivity contribution >= 4 is 28.7 Å². The molecule has 6 nitrogen and oxygen atoms in total. The molecule has 0 atom stereocenters. The molecule has 0 saturated heterocycles. The number of aryl methyl sites for hydroxylation is 3. The molecule has 0 aliphatic carbocycles. The number of carbonyl (C=O) groups is 1. The molecule has 0 aliphatic heterocycles. The average molecular weight is 408 g/mol. The van der Waals surface area contributed by atoms with Crippen LogP contribution in [0.5, 0.6) is 11.8 Å². The van der Waals surface area contributed by atoms with Gasteiger partial charge in [0.25, 0.3) is 0 Å². The largest absolute Gasteiger partial charge is 0.478 e. The maximum absolute atomic E-state index is 11.3. The predicted octanol–water partition coefficient (Wildman–Crippen LogP) is 5.20.